The van der Waals surface area contributed by atoms with Gasteiger partial charge >= 0.3 is 0 Å². The van der Waals surface area contributed by atoms with E-state index in [9.17, 15) is 0 Å². The van der Waals surface area contributed by atoms with Crippen LogP contribution in [-0.2, 0) is 0 Å². The molecule has 0 amide bonds. The van der Waals surface area contributed by atoms with Gasteiger partial charge in [0.05, 0.1) is 0 Å². The highest BCUT2D eigenvalue weighted by molar-refractivity contribution is 5.92. The smallest absolute Gasteiger partial charge is 0.136 e. The van der Waals surface area contributed by atoms with Crippen molar-refractivity contribution in [3.63, 3.8) is 0 Å². The third kappa shape index (κ3) is 2.78. The van der Waals surface area contributed by atoms with Crippen molar-refractivity contribution in [3.8, 4) is 0 Å². The fourth-order valence-electron chi connectivity index (χ4n) is 4.07. The predicted octanol–water partition coefficient (Wildman–Crippen LogP) is 2.64. The molecule has 5 heteroatoms. The summed E-state index contributed by atoms with van der Waals surface area (Å²) in [6, 6.07) is 17.4. The normalized spacial score (nSPS) is 18.9. The Bertz CT molecular complexity index is 878. The van der Waals surface area contributed by atoms with Crippen molar-refractivity contribution in [1.29, 1.82) is 0 Å². The second-order valence-electron chi connectivity index (χ2n) is 7.13. The minimum atomic E-state index is 0.640. The van der Waals surface area contributed by atoms with E-state index >= 15 is 0 Å². The topological polar surface area (TPSA) is 35.5 Å². The minimum Gasteiger partial charge on any atom is -0.354 e. The van der Waals surface area contributed by atoms with E-state index in [1.807, 2.05) is 18.5 Å². The number of anilines is 2. The Labute approximate surface area is 153 Å². The number of aromatic nitrogens is 2. The Morgan fingerprint density at radius 3 is 2.35 bits per heavy atom. The van der Waals surface area contributed by atoms with Crippen LogP contribution < -0.4 is 9.80 Å². The third-order valence-corrected chi connectivity index (χ3v) is 5.62. The summed E-state index contributed by atoms with van der Waals surface area (Å²) < 4.78 is 0. The lowest BCUT2D eigenvalue weighted by atomic mass is 10.0. The second kappa shape index (κ2) is 6.57. The summed E-state index contributed by atoms with van der Waals surface area (Å²) in [7, 11) is 0. The number of rotatable bonds is 3. The van der Waals surface area contributed by atoms with Crippen LogP contribution >= 0.6 is 0 Å². The SMILES string of the molecule is c1ccc(N2CCN(C3CN(c4nccc5ccccc45)C3)CC2)nc1. The molecule has 0 N–H and O–H groups in total. The van der Waals surface area contributed by atoms with Crippen LogP contribution in [0.5, 0.6) is 0 Å². The van der Waals surface area contributed by atoms with Gasteiger partial charge in [0.15, 0.2) is 0 Å². The van der Waals surface area contributed by atoms with Gasteiger partial charge in [0.25, 0.3) is 0 Å². The number of benzene rings is 1. The quantitative estimate of drug-likeness (QED) is 0.729. The molecule has 2 aliphatic heterocycles. The highest BCUT2D eigenvalue weighted by Crippen LogP contribution is 2.29. The van der Waals surface area contributed by atoms with E-state index in [0.717, 1.165) is 50.9 Å². The number of hydrogen-bond donors (Lipinski definition) is 0. The van der Waals surface area contributed by atoms with Crippen molar-refractivity contribution < 1.29 is 0 Å². The van der Waals surface area contributed by atoms with Crippen LogP contribution in [0.4, 0.5) is 11.6 Å². The Balaban J connectivity index is 1.21. The molecular formula is C21H23N5. The average Bonchev–Trinajstić information content (AvgIpc) is 2.68. The van der Waals surface area contributed by atoms with Crippen molar-refractivity contribution in [3.05, 3.63) is 60.9 Å². The lowest BCUT2D eigenvalue weighted by Crippen LogP contribution is -2.63. The summed E-state index contributed by atoms with van der Waals surface area (Å²) in [5.74, 6) is 2.23. The molecule has 3 aromatic rings. The summed E-state index contributed by atoms with van der Waals surface area (Å²) in [4.78, 5) is 16.6. The van der Waals surface area contributed by atoms with E-state index in [2.05, 4.69) is 67.1 Å². The lowest BCUT2D eigenvalue weighted by Gasteiger charge is -2.49. The maximum absolute atomic E-state index is 4.65. The molecule has 4 heterocycles. The van der Waals surface area contributed by atoms with Gasteiger partial charge < -0.3 is 9.80 Å². The molecule has 2 fully saturated rings. The Kier molecular flexibility index (Phi) is 3.94. The van der Waals surface area contributed by atoms with Gasteiger partial charge in [-0.2, -0.15) is 0 Å². The minimum absolute atomic E-state index is 0.640. The Morgan fingerprint density at radius 1 is 0.731 bits per heavy atom. The molecule has 2 aromatic heterocycles. The standard InChI is InChI=1S/C21H23N5/c1-2-6-19-17(5-1)8-10-23-21(19)26-15-18(16-26)24-11-13-25(14-12-24)20-7-3-4-9-22-20/h1-10,18H,11-16H2. The first-order chi connectivity index (χ1) is 12.9. The first-order valence-electron chi connectivity index (χ1n) is 9.37. The highest BCUT2D eigenvalue weighted by atomic mass is 15.4. The average molecular weight is 345 g/mol. The zero-order valence-corrected chi connectivity index (χ0v) is 14.8. The van der Waals surface area contributed by atoms with Crippen LogP contribution in [0.1, 0.15) is 0 Å². The molecule has 5 nitrogen and oxygen atoms in total. The van der Waals surface area contributed by atoms with E-state index in [4.69, 9.17) is 0 Å². The van der Waals surface area contributed by atoms with E-state index in [1.54, 1.807) is 0 Å². The zero-order valence-electron chi connectivity index (χ0n) is 14.8. The monoisotopic (exact) mass is 345 g/mol. The Hall–Kier alpha value is -2.66. The summed E-state index contributed by atoms with van der Waals surface area (Å²) in [5, 5.41) is 2.53. The predicted molar refractivity (Wildman–Crippen MR) is 106 cm³/mol. The van der Waals surface area contributed by atoms with Crippen molar-refractivity contribution in [1.82, 2.24) is 14.9 Å². The van der Waals surface area contributed by atoms with Gasteiger partial charge in [-0.25, -0.2) is 9.97 Å². The van der Waals surface area contributed by atoms with Crippen LogP contribution in [0.15, 0.2) is 60.9 Å². The zero-order chi connectivity index (χ0) is 17.3. The van der Waals surface area contributed by atoms with Crippen molar-refractivity contribution in [2.75, 3.05) is 49.1 Å². The maximum Gasteiger partial charge on any atom is 0.136 e. The molecule has 132 valence electrons. The largest absolute Gasteiger partial charge is 0.354 e. The Morgan fingerprint density at radius 2 is 1.54 bits per heavy atom. The molecule has 0 unspecified atom stereocenters. The van der Waals surface area contributed by atoms with E-state index in [-0.39, 0.29) is 0 Å². The molecular weight excluding hydrogens is 322 g/mol. The molecule has 0 aliphatic carbocycles. The number of fused-ring (bicyclic) bond motifs is 1. The van der Waals surface area contributed by atoms with Gasteiger partial charge in [-0.3, -0.25) is 4.90 Å². The molecule has 1 aromatic carbocycles. The molecule has 0 spiro atoms. The first kappa shape index (κ1) is 15.6. The number of hydrogen-bond acceptors (Lipinski definition) is 5. The van der Waals surface area contributed by atoms with Crippen LogP contribution in [-0.4, -0.2) is 60.2 Å². The second-order valence-corrected chi connectivity index (χ2v) is 7.13. The van der Waals surface area contributed by atoms with E-state index in [0.29, 0.717) is 6.04 Å². The maximum atomic E-state index is 4.65. The van der Waals surface area contributed by atoms with E-state index < -0.39 is 0 Å². The third-order valence-electron chi connectivity index (χ3n) is 5.62. The van der Waals surface area contributed by atoms with E-state index in [1.165, 1.54) is 10.8 Å². The van der Waals surface area contributed by atoms with Gasteiger partial charge in [-0.1, -0.05) is 30.3 Å². The molecule has 5 rings (SSSR count). The number of nitrogens with zero attached hydrogens (tertiary/aromatic N) is 5. The first-order valence-corrected chi connectivity index (χ1v) is 9.37. The van der Waals surface area contributed by atoms with Crippen LogP contribution in [0.3, 0.4) is 0 Å². The molecule has 2 saturated heterocycles. The van der Waals surface area contributed by atoms with Crippen molar-refractivity contribution in [2.24, 2.45) is 0 Å². The molecule has 0 radical (unpaired) electrons. The van der Waals surface area contributed by atoms with Gasteiger partial charge in [0.1, 0.15) is 11.6 Å². The van der Waals surface area contributed by atoms with Crippen molar-refractivity contribution >= 4 is 22.4 Å². The van der Waals surface area contributed by atoms with Gasteiger partial charge in [0.2, 0.25) is 0 Å². The molecule has 0 atom stereocenters. The summed E-state index contributed by atoms with van der Waals surface area (Å²) in [6.07, 6.45) is 3.80. The number of pyridine rings is 2. The summed E-state index contributed by atoms with van der Waals surface area (Å²) in [5.41, 5.74) is 0. The summed E-state index contributed by atoms with van der Waals surface area (Å²) in [6.45, 7) is 6.48. The lowest BCUT2D eigenvalue weighted by molar-refractivity contribution is 0.156. The summed E-state index contributed by atoms with van der Waals surface area (Å²) >= 11 is 0. The van der Waals surface area contributed by atoms with Gasteiger partial charge in [-0.05, 0) is 23.6 Å². The number of piperazine rings is 1. The van der Waals surface area contributed by atoms with Gasteiger partial charge in [-0.15, -0.1) is 0 Å². The van der Waals surface area contributed by atoms with Gasteiger partial charge in [0, 0.05) is 63.1 Å². The molecule has 0 bridgehead atoms. The molecule has 2 aliphatic rings. The molecule has 0 saturated carbocycles. The van der Waals surface area contributed by atoms with Crippen molar-refractivity contribution in [2.45, 2.75) is 6.04 Å². The fraction of sp³-hybridized carbons (Fsp3) is 0.333. The molecule has 26 heavy (non-hydrogen) atoms. The highest BCUT2D eigenvalue weighted by Gasteiger charge is 2.34. The fourth-order valence-corrected chi connectivity index (χ4v) is 4.07. The van der Waals surface area contributed by atoms with Crippen LogP contribution in [0.2, 0.25) is 0 Å². The van der Waals surface area contributed by atoms with Crippen LogP contribution in [0, 0.1) is 0 Å². The van der Waals surface area contributed by atoms with Crippen LogP contribution in [0.25, 0.3) is 10.8 Å².